The number of benzene rings is 1. The number of hydrogen-bond acceptors (Lipinski definition) is 10. The maximum Gasteiger partial charge on any atom is 0.234 e. The molecule has 1 aliphatic heterocycles. The first-order valence-electron chi connectivity index (χ1n) is 12.9. The van der Waals surface area contributed by atoms with Crippen molar-refractivity contribution < 1.29 is 9.59 Å². The number of nitrogens with two attached hydrogens (primary N) is 1. The fourth-order valence-corrected chi connectivity index (χ4v) is 6.79. The molecule has 0 saturated heterocycles. The van der Waals surface area contributed by atoms with Gasteiger partial charge in [0.1, 0.15) is 5.82 Å². The van der Waals surface area contributed by atoms with Crippen LogP contribution < -0.4 is 16.0 Å². The Hall–Kier alpha value is -4.01. The van der Waals surface area contributed by atoms with Gasteiger partial charge in [-0.2, -0.15) is 5.26 Å². The van der Waals surface area contributed by atoms with Crippen LogP contribution in [0, 0.1) is 16.7 Å². The molecular weight excluding hydrogens is 543 g/mol. The topological polar surface area (TPSA) is 138 Å². The average Bonchev–Trinajstić information content (AvgIpc) is 3.40. The molecule has 2 aromatic heterocycles. The number of carbonyl (C=O) groups excluding carboxylic acids is 2. The zero-order valence-corrected chi connectivity index (χ0v) is 24.1. The van der Waals surface area contributed by atoms with Gasteiger partial charge in [0.05, 0.1) is 23.3 Å². The monoisotopic (exact) mass is 571 g/mol. The molecule has 5 rings (SSSR count). The third-order valence-corrected chi connectivity index (χ3v) is 9.00. The molecule has 0 fully saturated rings. The molecule has 0 bridgehead atoms. The largest absolute Gasteiger partial charge is 0.384 e. The highest BCUT2D eigenvalue weighted by atomic mass is 32.2. The summed E-state index contributed by atoms with van der Waals surface area (Å²) in [4.78, 5) is 32.1. The Morgan fingerprint density at radius 2 is 2.02 bits per heavy atom. The SMILES string of the molecule is CCc1ccc(NC(=O)CSc2nnc(N3C(N)=C(C#N)C(c4cccnc4)C4=C3CC(C)(C)CC4=O)s2)cc1. The van der Waals surface area contributed by atoms with Gasteiger partial charge in [-0.25, -0.2) is 0 Å². The van der Waals surface area contributed by atoms with E-state index in [-0.39, 0.29) is 34.3 Å². The van der Waals surface area contributed by atoms with Crippen molar-refractivity contribution in [3.63, 3.8) is 0 Å². The van der Waals surface area contributed by atoms with E-state index in [0.29, 0.717) is 27.9 Å². The highest BCUT2D eigenvalue weighted by Gasteiger charge is 2.45. The van der Waals surface area contributed by atoms with Gasteiger partial charge in [-0.15, -0.1) is 10.2 Å². The van der Waals surface area contributed by atoms with Gasteiger partial charge in [-0.3, -0.25) is 19.5 Å². The van der Waals surface area contributed by atoms with E-state index in [9.17, 15) is 14.9 Å². The minimum absolute atomic E-state index is 0.0203. The van der Waals surface area contributed by atoms with Crippen LogP contribution in [0.5, 0.6) is 0 Å². The van der Waals surface area contributed by atoms with Crippen LogP contribution in [0.25, 0.3) is 0 Å². The lowest BCUT2D eigenvalue weighted by Crippen LogP contribution is -2.42. The molecule has 204 valence electrons. The van der Waals surface area contributed by atoms with Crippen molar-refractivity contribution in [3.8, 4) is 6.07 Å². The van der Waals surface area contributed by atoms with Crippen molar-refractivity contribution >= 4 is 45.6 Å². The molecule has 0 saturated carbocycles. The smallest absolute Gasteiger partial charge is 0.234 e. The number of rotatable bonds is 7. The van der Waals surface area contributed by atoms with Crippen molar-refractivity contribution in [1.82, 2.24) is 15.2 Å². The van der Waals surface area contributed by atoms with Crippen molar-refractivity contribution in [2.75, 3.05) is 16.0 Å². The van der Waals surface area contributed by atoms with Gasteiger partial charge < -0.3 is 11.1 Å². The van der Waals surface area contributed by atoms with Gasteiger partial charge in [-0.1, -0.05) is 62.1 Å². The van der Waals surface area contributed by atoms with Gasteiger partial charge in [0, 0.05) is 35.8 Å². The second-order valence-electron chi connectivity index (χ2n) is 10.5. The fraction of sp³-hybridized carbons (Fsp3) is 0.310. The number of carbonyl (C=O) groups is 2. The number of anilines is 2. The molecule has 40 heavy (non-hydrogen) atoms. The maximum atomic E-state index is 13.6. The molecule has 0 spiro atoms. The number of hydrogen-bond donors (Lipinski definition) is 2. The quantitative estimate of drug-likeness (QED) is 0.368. The lowest BCUT2D eigenvalue weighted by Gasteiger charge is -2.42. The summed E-state index contributed by atoms with van der Waals surface area (Å²) in [5.74, 6) is -0.388. The first kappa shape index (κ1) is 27.6. The van der Waals surface area contributed by atoms with Crippen molar-refractivity contribution in [1.29, 1.82) is 5.26 Å². The molecule has 2 aliphatic rings. The predicted octanol–water partition coefficient (Wildman–Crippen LogP) is 5.17. The first-order chi connectivity index (χ1) is 19.2. The molecule has 11 heteroatoms. The number of allylic oxidation sites excluding steroid dienone is 3. The number of Topliss-reactive ketones (excluding diaryl/α,β-unsaturated/α-hetero) is 1. The molecular formula is C29H29N7O2S2. The first-order valence-corrected chi connectivity index (χ1v) is 14.7. The molecule has 1 atom stereocenters. The van der Waals surface area contributed by atoms with E-state index in [1.807, 2.05) is 44.2 Å². The third-order valence-electron chi connectivity index (χ3n) is 6.96. The predicted molar refractivity (Wildman–Crippen MR) is 156 cm³/mol. The zero-order valence-electron chi connectivity index (χ0n) is 22.5. The number of nitriles is 1. The summed E-state index contributed by atoms with van der Waals surface area (Å²) >= 11 is 2.54. The number of ketones is 1. The van der Waals surface area contributed by atoms with Crippen LogP contribution in [-0.2, 0) is 16.0 Å². The Bertz CT molecular complexity index is 1550. The van der Waals surface area contributed by atoms with Crippen molar-refractivity contribution in [2.24, 2.45) is 11.1 Å². The number of thioether (sulfide) groups is 1. The van der Waals surface area contributed by atoms with Gasteiger partial charge in [0.2, 0.25) is 11.0 Å². The molecule has 3 N–H and O–H groups in total. The lowest BCUT2D eigenvalue weighted by atomic mass is 9.69. The molecule has 1 aromatic carbocycles. The van der Waals surface area contributed by atoms with E-state index >= 15 is 0 Å². The number of amides is 1. The zero-order chi connectivity index (χ0) is 28.4. The highest BCUT2D eigenvalue weighted by Crippen LogP contribution is 2.50. The third kappa shape index (κ3) is 5.50. The minimum Gasteiger partial charge on any atom is -0.384 e. The second kappa shape index (κ2) is 11.2. The van der Waals surface area contributed by atoms with Crippen molar-refractivity contribution in [2.45, 2.75) is 50.3 Å². The summed E-state index contributed by atoms with van der Waals surface area (Å²) in [5, 5.41) is 22.2. The van der Waals surface area contributed by atoms with Crippen LogP contribution in [0.1, 0.15) is 50.7 Å². The van der Waals surface area contributed by atoms with Gasteiger partial charge in [0.15, 0.2) is 10.1 Å². The summed E-state index contributed by atoms with van der Waals surface area (Å²) in [5.41, 5.74) is 10.6. The van der Waals surface area contributed by atoms with E-state index in [2.05, 4.69) is 33.5 Å². The Kier molecular flexibility index (Phi) is 7.74. The number of nitrogens with one attached hydrogen (secondary N) is 1. The van der Waals surface area contributed by atoms with E-state index in [4.69, 9.17) is 5.73 Å². The van der Waals surface area contributed by atoms with Crippen molar-refractivity contribution in [3.05, 3.63) is 82.6 Å². The Morgan fingerprint density at radius 3 is 2.70 bits per heavy atom. The van der Waals surface area contributed by atoms with E-state index < -0.39 is 5.92 Å². The van der Waals surface area contributed by atoms with Crippen LogP contribution in [0.4, 0.5) is 10.8 Å². The summed E-state index contributed by atoms with van der Waals surface area (Å²) in [6, 6.07) is 13.7. The lowest BCUT2D eigenvalue weighted by molar-refractivity contribution is -0.118. The van der Waals surface area contributed by atoms with Crippen LogP contribution in [0.2, 0.25) is 0 Å². The summed E-state index contributed by atoms with van der Waals surface area (Å²) < 4.78 is 0.579. The summed E-state index contributed by atoms with van der Waals surface area (Å²) in [6.45, 7) is 6.17. The normalized spacial score (nSPS) is 18.4. The minimum atomic E-state index is -0.592. The Labute approximate surface area is 241 Å². The van der Waals surface area contributed by atoms with Crippen LogP contribution in [0.3, 0.4) is 0 Å². The van der Waals surface area contributed by atoms with E-state index in [0.717, 1.165) is 23.4 Å². The molecule has 1 aliphatic carbocycles. The van der Waals surface area contributed by atoms with Crippen LogP contribution >= 0.6 is 23.1 Å². The Morgan fingerprint density at radius 1 is 1.25 bits per heavy atom. The van der Waals surface area contributed by atoms with Gasteiger partial charge in [0.25, 0.3) is 0 Å². The maximum absolute atomic E-state index is 13.6. The van der Waals surface area contributed by atoms with Crippen LogP contribution in [-0.4, -0.2) is 32.6 Å². The van der Waals surface area contributed by atoms with Gasteiger partial charge >= 0.3 is 0 Å². The molecule has 1 amide bonds. The molecule has 0 radical (unpaired) electrons. The Balaban J connectivity index is 1.42. The van der Waals surface area contributed by atoms with E-state index in [1.54, 1.807) is 23.4 Å². The fourth-order valence-electron chi connectivity index (χ4n) is 5.11. The molecule has 3 heterocycles. The highest BCUT2D eigenvalue weighted by molar-refractivity contribution is 8.01. The standard InChI is InChI=1S/C29H29N7O2S2/c1-4-17-7-9-19(10-8-17)33-23(38)16-39-28-35-34-27(40-28)36-21-12-29(2,3)13-22(37)25(21)24(20(14-30)26(36)31)18-6-5-11-32-15-18/h5-11,15,24H,4,12-13,16,31H2,1-3H3,(H,33,38). The van der Waals surface area contributed by atoms with E-state index in [1.165, 1.54) is 28.7 Å². The summed E-state index contributed by atoms with van der Waals surface area (Å²) in [7, 11) is 0. The number of nitrogens with zero attached hydrogens (tertiary/aromatic N) is 5. The molecule has 3 aromatic rings. The number of aryl methyl sites for hydroxylation is 1. The molecule has 9 nitrogen and oxygen atoms in total. The average molecular weight is 572 g/mol. The van der Waals surface area contributed by atoms with Crippen LogP contribution in [0.15, 0.2) is 75.8 Å². The number of aromatic nitrogens is 3. The second-order valence-corrected chi connectivity index (χ2v) is 12.7. The summed E-state index contributed by atoms with van der Waals surface area (Å²) in [6.07, 6.45) is 5.20. The molecule has 1 unspecified atom stereocenters. The number of pyridine rings is 1. The van der Waals surface area contributed by atoms with Gasteiger partial charge in [-0.05, 0) is 47.6 Å².